The summed E-state index contributed by atoms with van der Waals surface area (Å²) in [7, 11) is 0. The Morgan fingerprint density at radius 2 is 2.15 bits per heavy atom. The zero-order chi connectivity index (χ0) is 14.7. The third kappa shape index (κ3) is 2.91. The van der Waals surface area contributed by atoms with Crippen LogP contribution in [0.3, 0.4) is 0 Å². The number of hydrogen-bond donors (Lipinski definition) is 2. The number of primary amides is 1. The fraction of sp³-hybridized carbons (Fsp3) is 0.429. The third-order valence-corrected chi connectivity index (χ3v) is 3.35. The standard InChI is InChI=1S/C14H19N3O3/c1-2-9(15)7-13(18)17-8-12(14(16)19)20-11-6-4-3-5-10(11)17/h3-6,9,12H,2,7-8,15H2,1H3,(H2,16,19). The lowest BCUT2D eigenvalue weighted by atomic mass is 10.1. The summed E-state index contributed by atoms with van der Waals surface area (Å²) in [5.74, 6) is -0.223. The summed E-state index contributed by atoms with van der Waals surface area (Å²) in [5, 5.41) is 0. The summed E-state index contributed by atoms with van der Waals surface area (Å²) >= 11 is 0. The first-order valence-electron chi connectivity index (χ1n) is 6.63. The molecule has 0 saturated carbocycles. The van der Waals surface area contributed by atoms with Gasteiger partial charge in [0.25, 0.3) is 5.91 Å². The van der Waals surface area contributed by atoms with Crippen molar-refractivity contribution in [3.63, 3.8) is 0 Å². The lowest BCUT2D eigenvalue weighted by Gasteiger charge is -2.34. The van der Waals surface area contributed by atoms with Gasteiger partial charge in [0.15, 0.2) is 6.10 Å². The first kappa shape index (κ1) is 14.3. The number of fused-ring (bicyclic) bond motifs is 1. The minimum atomic E-state index is -0.827. The monoisotopic (exact) mass is 277 g/mol. The average molecular weight is 277 g/mol. The topological polar surface area (TPSA) is 98.7 Å². The SMILES string of the molecule is CCC(N)CC(=O)N1CC(C(N)=O)Oc2ccccc21. The Morgan fingerprint density at radius 1 is 1.45 bits per heavy atom. The Kier molecular flexibility index (Phi) is 4.24. The Balaban J connectivity index is 2.26. The highest BCUT2D eigenvalue weighted by molar-refractivity contribution is 5.97. The van der Waals surface area contributed by atoms with Crippen molar-refractivity contribution in [2.75, 3.05) is 11.4 Å². The van der Waals surface area contributed by atoms with E-state index in [1.165, 1.54) is 4.90 Å². The molecule has 0 bridgehead atoms. The Morgan fingerprint density at radius 3 is 2.80 bits per heavy atom. The first-order chi connectivity index (χ1) is 9.52. The maximum atomic E-state index is 12.3. The predicted molar refractivity (Wildman–Crippen MR) is 75.3 cm³/mol. The van der Waals surface area contributed by atoms with E-state index in [9.17, 15) is 9.59 Å². The number of amides is 2. The molecule has 6 heteroatoms. The first-order valence-corrected chi connectivity index (χ1v) is 6.63. The highest BCUT2D eigenvalue weighted by Crippen LogP contribution is 2.33. The molecule has 0 radical (unpaired) electrons. The van der Waals surface area contributed by atoms with Gasteiger partial charge in [-0.25, -0.2) is 0 Å². The number of rotatable bonds is 4. The van der Waals surface area contributed by atoms with Crippen molar-refractivity contribution >= 4 is 17.5 Å². The van der Waals surface area contributed by atoms with Crippen LogP contribution < -0.4 is 21.1 Å². The molecule has 0 aliphatic carbocycles. The van der Waals surface area contributed by atoms with Crippen molar-refractivity contribution in [1.29, 1.82) is 0 Å². The van der Waals surface area contributed by atoms with Crippen LogP contribution in [0.25, 0.3) is 0 Å². The minimum Gasteiger partial charge on any atom is -0.477 e. The van der Waals surface area contributed by atoms with E-state index >= 15 is 0 Å². The highest BCUT2D eigenvalue weighted by atomic mass is 16.5. The summed E-state index contributed by atoms with van der Waals surface area (Å²) in [6, 6.07) is 6.89. The zero-order valence-electron chi connectivity index (χ0n) is 11.4. The van der Waals surface area contributed by atoms with Crippen LogP contribution in [-0.4, -0.2) is 30.5 Å². The molecule has 20 heavy (non-hydrogen) atoms. The second-order valence-corrected chi connectivity index (χ2v) is 4.85. The van der Waals surface area contributed by atoms with E-state index in [4.69, 9.17) is 16.2 Å². The van der Waals surface area contributed by atoms with E-state index in [-0.39, 0.29) is 24.9 Å². The van der Waals surface area contributed by atoms with Gasteiger partial charge in [0.05, 0.1) is 12.2 Å². The van der Waals surface area contributed by atoms with E-state index in [0.29, 0.717) is 11.4 Å². The summed E-state index contributed by atoms with van der Waals surface area (Å²) in [6.07, 6.45) is 0.125. The molecule has 4 N–H and O–H groups in total. The molecule has 1 aromatic rings. The van der Waals surface area contributed by atoms with Gasteiger partial charge < -0.3 is 21.1 Å². The van der Waals surface area contributed by atoms with Crippen molar-refractivity contribution in [2.24, 2.45) is 11.5 Å². The average Bonchev–Trinajstić information content (AvgIpc) is 2.45. The molecule has 2 unspecified atom stereocenters. The molecule has 0 saturated heterocycles. The van der Waals surface area contributed by atoms with Crippen molar-refractivity contribution in [1.82, 2.24) is 0 Å². The van der Waals surface area contributed by atoms with Crippen LogP contribution in [0.2, 0.25) is 0 Å². The number of ether oxygens (including phenoxy) is 1. The number of anilines is 1. The summed E-state index contributed by atoms with van der Waals surface area (Å²) in [5.41, 5.74) is 11.8. The highest BCUT2D eigenvalue weighted by Gasteiger charge is 2.32. The normalized spacial score (nSPS) is 18.9. The van der Waals surface area contributed by atoms with Crippen molar-refractivity contribution in [3.05, 3.63) is 24.3 Å². The Labute approximate surface area is 117 Å². The predicted octanol–water partition coefficient (Wildman–Crippen LogP) is 0.393. The van der Waals surface area contributed by atoms with Gasteiger partial charge in [0, 0.05) is 12.5 Å². The Hall–Kier alpha value is -2.08. The van der Waals surface area contributed by atoms with Gasteiger partial charge in [0.2, 0.25) is 5.91 Å². The van der Waals surface area contributed by atoms with E-state index in [2.05, 4.69) is 0 Å². The van der Waals surface area contributed by atoms with Crippen LogP contribution in [-0.2, 0) is 9.59 Å². The summed E-state index contributed by atoms with van der Waals surface area (Å²) in [4.78, 5) is 25.2. The molecule has 1 heterocycles. The van der Waals surface area contributed by atoms with Crippen LogP contribution in [0.1, 0.15) is 19.8 Å². The van der Waals surface area contributed by atoms with Crippen molar-refractivity contribution < 1.29 is 14.3 Å². The van der Waals surface area contributed by atoms with E-state index in [1.807, 2.05) is 13.0 Å². The molecule has 0 aromatic heterocycles. The largest absolute Gasteiger partial charge is 0.477 e. The van der Waals surface area contributed by atoms with Gasteiger partial charge >= 0.3 is 0 Å². The van der Waals surface area contributed by atoms with Crippen molar-refractivity contribution in [3.8, 4) is 5.75 Å². The van der Waals surface area contributed by atoms with Crippen LogP contribution in [0.5, 0.6) is 5.75 Å². The third-order valence-electron chi connectivity index (χ3n) is 3.35. The molecule has 2 amide bonds. The number of nitrogens with zero attached hydrogens (tertiary/aromatic N) is 1. The quantitative estimate of drug-likeness (QED) is 0.831. The van der Waals surface area contributed by atoms with Crippen molar-refractivity contribution in [2.45, 2.75) is 31.9 Å². The van der Waals surface area contributed by atoms with Crippen LogP contribution in [0, 0.1) is 0 Å². The second-order valence-electron chi connectivity index (χ2n) is 4.85. The summed E-state index contributed by atoms with van der Waals surface area (Å²) in [6.45, 7) is 2.05. The van der Waals surface area contributed by atoms with Gasteiger partial charge in [-0.2, -0.15) is 0 Å². The zero-order valence-corrected chi connectivity index (χ0v) is 11.4. The molecule has 1 aliphatic heterocycles. The van der Waals surface area contributed by atoms with Gasteiger partial charge in [-0.3, -0.25) is 9.59 Å². The molecule has 108 valence electrons. The summed E-state index contributed by atoms with van der Waals surface area (Å²) < 4.78 is 5.51. The Bertz CT molecular complexity index is 518. The van der Waals surface area contributed by atoms with Gasteiger partial charge in [-0.15, -0.1) is 0 Å². The molecule has 1 aliphatic rings. The van der Waals surface area contributed by atoms with Crippen LogP contribution >= 0.6 is 0 Å². The number of nitrogens with two attached hydrogens (primary N) is 2. The van der Waals surface area contributed by atoms with Gasteiger partial charge in [0.1, 0.15) is 5.75 Å². The lowest BCUT2D eigenvalue weighted by Crippen LogP contribution is -2.50. The number of benzene rings is 1. The van der Waals surface area contributed by atoms with E-state index in [0.717, 1.165) is 6.42 Å². The molecular formula is C14H19N3O3. The van der Waals surface area contributed by atoms with Crippen LogP contribution in [0.4, 0.5) is 5.69 Å². The molecule has 0 spiro atoms. The number of hydrogen-bond acceptors (Lipinski definition) is 4. The fourth-order valence-electron chi connectivity index (χ4n) is 2.10. The van der Waals surface area contributed by atoms with Gasteiger partial charge in [-0.1, -0.05) is 19.1 Å². The maximum Gasteiger partial charge on any atom is 0.260 e. The smallest absolute Gasteiger partial charge is 0.260 e. The second kappa shape index (κ2) is 5.92. The molecule has 6 nitrogen and oxygen atoms in total. The fourth-order valence-corrected chi connectivity index (χ4v) is 2.10. The van der Waals surface area contributed by atoms with E-state index < -0.39 is 12.0 Å². The van der Waals surface area contributed by atoms with Crippen LogP contribution in [0.15, 0.2) is 24.3 Å². The molecule has 2 atom stereocenters. The maximum absolute atomic E-state index is 12.3. The molecular weight excluding hydrogens is 258 g/mol. The minimum absolute atomic E-state index is 0.124. The lowest BCUT2D eigenvalue weighted by molar-refractivity contribution is -0.125. The molecule has 1 aromatic carbocycles. The number of carbonyl (C=O) groups is 2. The molecule has 2 rings (SSSR count). The molecule has 0 fully saturated rings. The number of para-hydroxylation sites is 2. The van der Waals surface area contributed by atoms with E-state index in [1.54, 1.807) is 18.2 Å². The van der Waals surface area contributed by atoms with Gasteiger partial charge in [-0.05, 0) is 18.6 Å². The number of carbonyl (C=O) groups excluding carboxylic acids is 2.